The van der Waals surface area contributed by atoms with E-state index in [0.29, 0.717) is 35.3 Å². The summed E-state index contributed by atoms with van der Waals surface area (Å²) in [5, 5.41) is 23.5. The van der Waals surface area contributed by atoms with Gasteiger partial charge in [0.15, 0.2) is 0 Å². The van der Waals surface area contributed by atoms with Crippen molar-refractivity contribution < 1.29 is 14.8 Å². The van der Waals surface area contributed by atoms with Crippen LogP contribution in [0.5, 0.6) is 0 Å². The molecule has 1 amide bonds. The molecule has 0 aliphatic heterocycles. The van der Waals surface area contributed by atoms with Crippen molar-refractivity contribution in [2.24, 2.45) is 11.8 Å². The predicted octanol–water partition coefficient (Wildman–Crippen LogP) is 2.92. The fraction of sp³-hybridized carbons (Fsp3) is 0.444. The number of nitrogens with zero attached hydrogens (tertiary/aromatic N) is 2. The second kappa shape index (κ2) is 8.53. The summed E-state index contributed by atoms with van der Waals surface area (Å²) >= 11 is 0. The molecular formula is C18H23N3O4. The zero-order valence-corrected chi connectivity index (χ0v) is 14.4. The summed E-state index contributed by atoms with van der Waals surface area (Å²) in [5.74, 6) is 0.340. The third-order valence-electron chi connectivity index (χ3n) is 4.08. The molecule has 0 bridgehead atoms. The highest BCUT2D eigenvalue weighted by atomic mass is 16.6. The molecule has 0 spiro atoms. The Bertz CT molecular complexity index is 761. The van der Waals surface area contributed by atoms with Gasteiger partial charge in [0.25, 0.3) is 11.6 Å². The molecule has 0 saturated carbocycles. The molecule has 0 fully saturated rings. The largest absolute Gasteiger partial charge is 0.396 e. The van der Waals surface area contributed by atoms with Crippen molar-refractivity contribution in [3.05, 3.63) is 46.1 Å². The molecule has 2 aromatic rings. The van der Waals surface area contributed by atoms with E-state index in [1.807, 2.05) is 0 Å². The quantitative estimate of drug-likeness (QED) is 0.565. The van der Waals surface area contributed by atoms with E-state index in [9.17, 15) is 14.9 Å². The second-order valence-corrected chi connectivity index (χ2v) is 6.51. The lowest BCUT2D eigenvalue weighted by Crippen LogP contribution is -2.30. The minimum Gasteiger partial charge on any atom is -0.396 e. The third kappa shape index (κ3) is 4.73. The first-order valence-corrected chi connectivity index (χ1v) is 8.35. The van der Waals surface area contributed by atoms with Crippen LogP contribution < -0.4 is 5.32 Å². The van der Waals surface area contributed by atoms with E-state index >= 15 is 0 Å². The third-order valence-corrected chi connectivity index (χ3v) is 4.08. The monoisotopic (exact) mass is 345 g/mol. The SMILES string of the molecule is CC(C)CC(CCO)CNC(=O)c1ccc([N+](=O)[O-])c2cccnc12. The summed E-state index contributed by atoms with van der Waals surface area (Å²) in [4.78, 5) is 27.4. The number of carbonyl (C=O) groups is 1. The van der Waals surface area contributed by atoms with Gasteiger partial charge in [-0.2, -0.15) is 0 Å². The van der Waals surface area contributed by atoms with Gasteiger partial charge in [-0.05, 0) is 42.9 Å². The molecule has 2 N–H and O–H groups in total. The van der Waals surface area contributed by atoms with Gasteiger partial charge < -0.3 is 10.4 Å². The Balaban J connectivity index is 2.22. The van der Waals surface area contributed by atoms with Crippen molar-refractivity contribution in [2.45, 2.75) is 26.7 Å². The zero-order chi connectivity index (χ0) is 18.4. The number of carbonyl (C=O) groups excluding carboxylic acids is 1. The fourth-order valence-corrected chi connectivity index (χ4v) is 2.98. The first-order valence-electron chi connectivity index (χ1n) is 8.35. The second-order valence-electron chi connectivity index (χ2n) is 6.51. The molecule has 1 aromatic carbocycles. The molecule has 1 heterocycles. The van der Waals surface area contributed by atoms with Crippen LogP contribution >= 0.6 is 0 Å². The van der Waals surface area contributed by atoms with Crippen LogP contribution in [0.4, 0.5) is 5.69 Å². The molecule has 1 atom stereocenters. The van der Waals surface area contributed by atoms with Crippen LogP contribution in [0.3, 0.4) is 0 Å². The number of hydrogen-bond acceptors (Lipinski definition) is 5. The van der Waals surface area contributed by atoms with E-state index in [1.165, 1.54) is 18.3 Å². The van der Waals surface area contributed by atoms with Gasteiger partial charge in [-0.15, -0.1) is 0 Å². The average molecular weight is 345 g/mol. The van der Waals surface area contributed by atoms with Crippen molar-refractivity contribution >= 4 is 22.5 Å². The highest BCUT2D eigenvalue weighted by Crippen LogP contribution is 2.26. The van der Waals surface area contributed by atoms with Crippen LogP contribution in [-0.4, -0.2) is 34.1 Å². The van der Waals surface area contributed by atoms with Crippen LogP contribution in [0.25, 0.3) is 10.9 Å². The van der Waals surface area contributed by atoms with Crippen molar-refractivity contribution in [1.82, 2.24) is 10.3 Å². The van der Waals surface area contributed by atoms with Crippen LogP contribution in [-0.2, 0) is 0 Å². The van der Waals surface area contributed by atoms with Gasteiger partial charge in [0.2, 0.25) is 0 Å². The number of aliphatic hydroxyl groups is 1. The number of nitro groups is 1. The van der Waals surface area contributed by atoms with E-state index in [0.717, 1.165) is 6.42 Å². The lowest BCUT2D eigenvalue weighted by atomic mass is 9.94. The van der Waals surface area contributed by atoms with E-state index in [-0.39, 0.29) is 24.1 Å². The molecule has 134 valence electrons. The Hall–Kier alpha value is -2.54. The molecule has 2 rings (SSSR count). The summed E-state index contributed by atoms with van der Waals surface area (Å²) in [6.45, 7) is 4.72. The maximum Gasteiger partial charge on any atom is 0.278 e. The number of nitrogens with one attached hydrogen (secondary N) is 1. The number of amides is 1. The number of rotatable bonds is 8. The van der Waals surface area contributed by atoms with Gasteiger partial charge in [-0.3, -0.25) is 19.9 Å². The topological polar surface area (TPSA) is 105 Å². The van der Waals surface area contributed by atoms with Gasteiger partial charge in [-0.25, -0.2) is 0 Å². The Morgan fingerprint density at radius 3 is 2.76 bits per heavy atom. The van der Waals surface area contributed by atoms with Gasteiger partial charge in [0.1, 0.15) is 0 Å². The van der Waals surface area contributed by atoms with Crippen LogP contribution in [0.1, 0.15) is 37.0 Å². The number of non-ortho nitro benzene ring substituents is 1. The van der Waals surface area contributed by atoms with E-state index in [2.05, 4.69) is 24.1 Å². The standard InChI is InChI=1S/C18H23N3O4/c1-12(2)10-13(7-9-22)11-20-18(23)15-5-6-16(21(24)25)14-4-3-8-19-17(14)15/h3-6,8,12-13,22H,7,9-11H2,1-2H3,(H,20,23). The maximum absolute atomic E-state index is 12.6. The smallest absolute Gasteiger partial charge is 0.278 e. The summed E-state index contributed by atoms with van der Waals surface area (Å²) in [6, 6.07) is 5.96. The maximum atomic E-state index is 12.6. The number of aromatic nitrogens is 1. The minimum absolute atomic E-state index is 0.0717. The number of hydrogen-bond donors (Lipinski definition) is 2. The molecule has 1 unspecified atom stereocenters. The van der Waals surface area contributed by atoms with Crippen LogP contribution in [0.2, 0.25) is 0 Å². The van der Waals surface area contributed by atoms with Gasteiger partial charge in [0, 0.05) is 25.4 Å². The lowest BCUT2D eigenvalue weighted by Gasteiger charge is -2.18. The van der Waals surface area contributed by atoms with E-state index < -0.39 is 4.92 Å². The molecule has 0 aliphatic carbocycles. The number of benzene rings is 1. The van der Waals surface area contributed by atoms with Crippen molar-refractivity contribution in [2.75, 3.05) is 13.2 Å². The predicted molar refractivity (Wildman–Crippen MR) is 95.4 cm³/mol. The summed E-state index contributed by atoms with van der Waals surface area (Å²) in [5.41, 5.74) is 0.558. The highest BCUT2D eigenvalue weighted by molar-refractivity contribution is 6.07. The Morgan fingerprint density at radius 1 is 1.36 bits per heavy atom. The molecule has 25 heavy (non-hydrogen) atoms. The van der Waals surface area contributed by atoms with Crippen LogP contribution in [0.15, 0.2) is 30.5 Å². The molecule has 7 nitrogen and oxygen atoms in total. The fourth-order valence-electron chi connectivity index (χ4n) is 2.98. The molecule has 0 aliphatic rings. The minimum atomic E-state index is -0.481. The highest BCUT2D eigenvalue weighted by Gasteiger charge is 2.19. The Labute approximate surface area is 146 Å². The lowest BCUT2D eigenvalue weighted by molar-refractivity contribution is -0.383. The van der Waals surface area contributed by atoms with Crippen molar-refractivity contribution in [3.8, 4) is 0 Å². The summed E-state index contributed by atoms with van der Waals surface area (Å²) < 4.78 is 0. The number of fused-ring (bicyclic) bond motifs is 1. The van der Waals surface area contributed by atoms with E-state index in [4.69, 9.17) is 5.11 Å². The first kappa shape index (κ1) is 18.8. The summed E-state index contributed by atoms with van der Waals surface area (Å²) in [7, 11) is 0. The molecule has 1 aromatic heterocycles. The molecule has 0 radical (unpaired) electrons. The number of pyridine rings is 1. The molecule has 0 saturated heterocycles. The van der Waals surface area contributed by atoms with E-state index in [1.54, 1.807) is 12.1 Å². The molecule has 7 heteroatoms. The van der Waals surface area contributed by atoms with Gasteiger partial charge >= 0.3 is 0 Å². The van der Waals surface area contributed by atoms with Crippen LogP contribution in [0, 0.1) is 22.0 Å². The van der Waals surface area contributed by atoms with Crippen molar-refractivity contribution in [1.29, 1.82) is 0 Å². The number of aliphatic hydroxyl groups excluding tert-OH is 1. The average Bonchev–Trinajstić information content (AvgIpc) is 2.58. The summed E-state index contributed by atoms with van der Waals surface area (Å²) in [6.07, 6.45) is 3.04. The number of nitro benzene ring substituents is 1. The van der Waals surface area contributed by atoms with Gasteiger partial charge in [0.05, 0.1) is 21.4 Å². The molecular weight excluding hydrogens is 322 g/mol. The normalized spacial score (nSPS) is 12.3. The Kier molecular flexibility index (Phi) is 6.41. The van der Waals surface area contributed by atoms with Crippen molar-refractivity contribution in [3.63, 3.8) is 0 Å². The zero-order valence-electron chi connectivity index (χ0n) is 14.4. The van der Waals surface area contributed by atoms with Gasteiger partial charge in [-0.1, -0.05) is 13.8 Å². The first-order chi connectivity index (χ1) is 11.9. The Morgan fingerprint density at radius 2 is 2.12 bits per heavy atom.